The summed E-state index contributed by atoms with van der Waals surface area (Å²) in [7, 11) is 1.66. The van der Waals surface area contributed by atoms with Crippen LogP contribution in [-0.2, 0) is 7.05 Å². The second-order valence-corrected chi connectivity index (χ2v) is 9.73. The van der Waals surface area contributed by atoms with E-state index in [1.54, 1.807) is 25.2 Å². The highest BCUT2D eigenvalue weighted by Crippen LogP contribution is 2.37. The van der Waals surface area contributed by atoms with E-state index >= 15 is 4.39 Å². The van der Waals surface area contributed by atoms with Crippen molar-refractivity contribution in [2.75, 3.05) is 18.0 Å². The fourth-order valence-electron chi connectivity index (χ4n) is 5.56. The molecule has 0 amide bonds. The number of nitrogens with zero attached hydrogens (tertiary/aromatic N) is 5. The molecule has 4 rings (SSSR count). The Morgan fingerprint density at radius 3 is 2.41 bits per heavy atom. The van der Waals surface area contributed by atoms with Gasteiger partial charge in [0.25, 0.3) is 5.56 Å². The first-order valence-corrected chi connectivity index (χ1v) is 13.0. The number of rotatable bonds is 7. The molecule has 1 aliphatic heterocycles. The number of anilines is 1. The molecule has 1 unspecified atom stereocenters. The Hall–Kier alpha value is -3.65. The Morgan fingerprint density at radius 2 is 1.82 bits per heavy atom. The summed E-state index contributed by atoms with van der Waals surface area (Å²) in [5.41, 5.74) is 2.22. The zero-order valence-corrected chi connectivity index (χ0v) is 22.3. The summed E-state index contributed by atoms with van der Waals surface area (Å²) in [5, 5.41) is 9.43. The quantitative estimate of drug-likeness (QED) is 0.356. The van der Waals surface area contributed by atoms with E-state index < -0.39 is 17.9 Å². The molecular weight excluding hydrogens is 514 g/mol. The summed E-state index contributed by atoms with van der Waals surface area (Å²) >= 11 is 0. The van der Waals surface area contributed by atoms with Crippen molar-refractivity contribution in [2.24, 2.45) is 7.05 Å². The van der Waals surface area contributed by atoms with Crippen LogP contribution in [0.15, 0.2) is 41.2 Å². The second kappa shape index (κ2) is 11.2. The number of hydrogen-bond donors (Lipinski definition) is 0. The van der Waals surface area contributed by atoms with Crippen molar-refractivity contribution in [1.29, 1.82) is 5.26 Å². The highest BCUT2D eigenvalue weighted by Gasteiger charge is 2.38. The molecule has 2 aromatic heterocycles. The molecule has 11 heteroatoms. The molecule has 0 aliphatic carbocycles. The van der Waals surface area contributed by atoms with Gasteiger partial charge in [-0.25, -0.2) is 9.37 Å². The Balaban J connectivity index is 1.72. The lowest BCUT2D eigenvalue weighted by molar-refractivity contribution is -0.274. The van der Waals surface area contributed by atoms with Crippen LogP contribution in [0, 0.1) is 17.1 Å². The number of aryl methyl sites for hydroxylation is 1. The van der Waals surface area contributed by atoms with Crippen molar-refractivity contribution in [2.45, 2.75) is 64.5 Å². The Labute approximate surface area is 224 Å². The summed E-state index contributed by atoms with van der Waals surface area (Å²) in [6, 6.07) is 9.76. The molecule has 0 spiro atoms. The third kappa shape index (κ3) is 5.71. The minimum absolute atomic E-state index is 0.0403. The van der Waals surface area contributed by atoms with E-state index in [1.165, 1.54) is 10.6 Å². The van der Waals surface area contributed by atoms with E-state index in [0.29, 0.717) is 41.8 Å². The standard InChI is InChI=1S/C28H31F4N5O2/c1-5-18-16-37(25-13-26(38)35(4)24-11-8-17(14-33)34-27(24)25)19(6-2)15-36(18)23(7-3)21-10-9-20(12-22(21)29)39-28(30,31)32/h8-13,18-19,23H,5-7,15-16H2,1-4H3/t18-,19+,23?/m1/s1. The van der Waals surface area contributed by atoms with Crippen LogP contribution in [0.2, 0.25) is 0 Å². The lowest BCUT2D eigenvalue weighted by Crippen LogP contribution is -2.59. The normalized spacial score (nSPS) is 19.2. The van der Waals surface area contributed by atoms with Crippen LogP contribution in [0.4, 0.5) is 23.2 Å². The Kier molecular flexibility index (Phi) is 8.16. The first kappa shape index (κ1) is 28.4. The number of halogens is 4. The predicted molar refractivity (Wildman–Crippen MR) is 140 cm³/mol. The monoisotopic (exact) mass is 545 g/mol. The topological polar surface area (TPSA) is 74.4 Å². The minimum atomic E-state index is -4.90. The molecule has 3 atom stereocenters. The molecule has 1 fully saturated rings. The van der Waals surface area contributed by atoms with Crippen LogP contribution in [-0.4, -0.2) is 46.0 Å². The number of hydrogen-bond acceptors (Lipinski definition) is 6. The van der Waals surface area contributed by atoms with Gasteiger partial charge in [0.1, 0.15) is 28.8 Å². The highest BCUT2D eigenvalue weighted by molar-refractivity contribution is 5.89. The highest BCUT2D eigenvalue weighted by atomic mass is 19.4. The van der Waals surface area contributed by atoms with Crippen molar-refractivity contribution < 1.29 is 22.3 Å². The molecule has 39 heavy (non-hydrogen) atoms. The summed E-state index contributed by atoms with van der Waals surface area (Å²) in [5.74, 6) is -1.34. The van der Waals surface area contributed by atoms with Crippen LogP contribution in [0.3, 0.4) is 0 Å². The maximum atomic E-state index is 15.1. The third-order valence-corrected chi connectivity index (χ3v) is 7.53. The summed E-state index contributed by atoms with van der Waals surface area (Å²) in [6.45, 7) is 7.06. The number of nitriles is 1. The van der Waals surface area contributed by atoms with Gasteiger partial charge in [0.05, 0.1) is 11.2 Å². The number of piperazine rings is 1. The van der Waals surface area contributed by atoms with Crippen LogP contribution >= 0.6 is 0 Å². The van der Waals surface area contributed by atoms with E-state index in [1.807, 2.05) is 20.8 Å². The molecule has 3 heterocycles. The molecule has 0 radical (unpaired) electrons. The zero-order valence-electron chi connectivity index (χ0n) is 22.3. The maximum absolute atomic E-state index is 15.1. The molecule has 0 saturated carbocycles. The van der Waals surface area contributed by atoms with Crippen LogP contribution in [0.1, 0.15) is 57.3 Å². The van der Waals surface area contributed by atoms with Crippen LogP contribution in [0.25, 0.3) is 11.0 Å². The molecular formula is C28H31F4N5O2. The summed E-state index contributed by atoms with van der Waals surface area (Å²) in [6.07, 6.45) is -2.91. The average molecular weight is 546 g/mol. The number of pyridine rings is 2. The van der Waals surface area contributed by atoms with E-state index in [9.17, 15) is 23.2 Å². The van der Waals surface area contributed by atoms with E-state index in [-0.39, 0.29) is 29.4 Å². The molecule has 0 bridgehead atoms. The smallest absolute Gasteiger partial charge is 0.406 e. The van der Waals surface area contributed by atoms with E-state index in [2.05, 4.69) is 25.6 Å². The third-order valence-electron chi connectivity index (χ3n) is 7.53. The van der Waals surface area contributed by atoms with Crippen molar-refractivity contribution in [3.05, 3.63) is 63.8 Å². The molecule has 3 aromatic rings. The Morgan fingerprint density at radius 1 is 1.10 bits per heavy atom. The molecule has 0 N–H and O–H groups in total. The first-order chi connectivity index (χ1) is 18.5. The van der Waals surface area contributed by atoms with Gasteiger partial charge >= 0.3 is 6.36 Å². The van der Waals surface area contributed by atoms with Gasteiger partial charge in [-0.05, 0) is 37.5 Å². The zero-order chi connectivity index (χ0) is 28.5. The lowest BCUT2D eigenvalue weighted by atomic mass is 9.94. The first-order valence-electron chi connectivity index (χ1n) is 13.0. The molecule has 7 nitrogen and oxygen atoms in total. The van der Waals surface area contributed by atoms with Crippen LogP contribution in [0.5, 0.6) is 5.75 Å². The predicted octanol–water partition coefficient (Wildman–Crippen LogP) is 5.67. The second-order valence-electron chi connectivity index (χ2n) is 9.73. The number of alkyl halides is 3. The van der Waals surface area contributed by atoms with Gasteiger partial charge in [-0.3, -0.25) is 9.69 Å². The molecule has 1 aromatic carbocycles. The number of fused-ring (bicyclic) bond motifs is 1. The Bertz CT molecular complexity index is 1450. The van der Waals surface area contributed by atoms with E-state index in [0.717, 1.165) is 25.0 Å². The van der Waals surface area contributed by atoms with Gasteiger partial charge in [0.2, 0.25) is 0 Å². The van der Waals surface area contributed by atoms with Gasteiger partial charge in [-0.15, -0.1) is 13.2 Å². The van der Waals surface area contributed by atoms with Crippen molar-refractivity contribution in [3.8, 4) is 11.8 Å². The molecule has 1 aliphatic rings. The summed E-state index contributed by atoms with van der Waals surface area (Å²) in [4.78, 5) is 21.8. The van der Waals surface area contributed by atoms with E-state index in [4.69, 9.17) is 0 Å². The average Bonchev–Trinajstić information content (AvgIpc) is 2.90. The molecule has 1 saturated heterocycles. The van der Waals surface area contributed by atoms with Gasteiger partial charge in [0, 0.05) is 56.0 Å². The van der Waals surface area contributed by atoms with Gasteiger partial charge in [0.15, 0.2) is 0 Å². The lowest BCUT2D eigenvalue weighted by Gasteiger charge is -2.50. The number of ether oxygens (including phenoxy) is 1. The van der Waals surface area contributed by atoms with Crippen LogP contribution < -0.4 is 15.2 Å². The SMILES string of the molecule is CCC(c1ccc(OC(F)(F)F)cc1F)N1C[C@H](CC)N(c2cc(=O)n(C)c3ccc(C#N)nc23)C[C@H]1CC. The number of benzene rings is 1. The van der Waals surface area contributed by atoms with Gasteiger partial charge in [-0.1, -0.05) is 26.8 Å². The fraction of sp³-hybridized carbons (Fsp3) is 0.464. The van der Waals surface area contributed by atoms with Crippen molar-refractivity contribution in [1.82, 2.24) is 14.5 Å². The minimum Gasteiger partial charge on any atom is -0.406 e. The number of aromatic nitrogens is 2. The largest absolute Gasteiger partial charge is 0.573 e. The van der Waals surface area contributed by atoms with Gasteiger partial charge in [-0.2, -0.15) is 5.26 Å². The van der Waals surface area contributed by atoms with Crippen molar-refractivity contribution >= 4 is 16.7 Å². The van der Waals surface area contributed by atoms with Crippen molar-refractivity contribution in [3.63, 3.8) is 0 Å². The maximum Gasteiger partial charge on any atom is 0.573 e. The fourth-order valence-corrected chi connectivity index (χ4v) is 5.56. The summed E-state index contributed by atoms with van der Waals surface area (Å²) < 4.78 is 58.4. The van der Waals surface area contributed by atoms with Gasteiger partial charge < -0.3 is 14.2 Å². The molecule has 208 valence electrons.